The highest BCUT2D eigenvalue weighted by Crippen LogP contribution is 2.03. The SMILES string of the molecule is O=C(CO/N=C\c1ccccc1F)NCCCc1ccccc1. The third-order valence-electron chi connectivity index (χ3n) is 3.17. The van der Waals surface area contributed by atoms with Gasteiger partial charge in [0.2, 0.25) is 0 Å². The van der Waals surface area contributed by atoms with Gasteiger partial charge in [-0.2, -0.15) is 0 Å². The van der Waals surface area contributed by atoms with Crippen LogP contribution in [0, 0.1) is 5.82 Å². The van der Waals surface area contributed by atoms with Gasteiger partial charge < -0.3 is 10.2 Å². The number of benzene rings is 2. The van der Waals surface area contributed by atoms with Crippen LogP contribution in [0.2, 0.25) is 0 Å². The monoisotopic (exact) mass is 314 g/mol. The first-order valence-electron chi connectivity index (χ1n) is 7.46. The van der Waals surface area contributed by atoms with E-state index in [2.05, 4.69) is 22.6 Å². The Labute approximate surface area is 135 Å². The van der Waals surface area contributed by atoms with Crippen molar-refractivity contribution in [1.82, 2.24) is 5.32 Å². The van der Waals surface area contributed by atoms with Crippen LogP contribution in [0.15, 0.2) is 59.8 Å². The molecule has 0 saturated heterocycles. The van der Waals surface area contributed by atoms with Gasteiger partial charge in [0.15, 0.2) is 6.61 Å². The molecule has 0 unspecified atom stereocenters. The Balaban J connectivity index is 1.59. The second-order valence-corrected chi connectivity index (χ2v) is 4.97. The zero-order valence-corrected chi connectivity index (χ0v) is 12.7. The lowest BCUT2D eigenvalue weighted by Gasteiger charge is -2.04. The molecular weight excluding hydrogens is 295 g/mol. The van der Waals surface area contributed by atoms with E-state index >= 15 is 0 Å². The Morgan fingerprint density at radius 2 is 1.87 bits per heavy atom. The van der Waals surface area contributed by atoms with Gasteiger partial charge in [-0.1, -0.05) is 53.7 Å². The van der Waals surface area contributed by atoms with E-state index in [1.54, 1.807) is 18.2 Å². The van der Waals surface area contributed by atoms with E-state index in [1.807, 2.05) is 18.2 Å². The molecule has 0 radical (unpaired) electrons. The molecule has 0 spiro atoms. The first-order valence-corrected chi connectivity index (χ1v) is 7.46. The van der Waals surface area contributed by atoms with Crippen LogP contribution in [-0.2, 0) is 16.1 Å². The highest BCUT2D eigenvalue weighted by Gasteiger charge is 2.01. The summed E-state index contributed by atoms with van der Waals surface area (Å²) in [5.74, 6) is -0.631. The molecule has 0 bridgehead atoms. The van der Waals surface area contributed by atoms with Crippen molar-refractivity contribution in [3.8, 4) is 0 Å². The van der Waals surface area contributed by atoms with Crippen LogP contribution in [0.5, 0.6) is 0 Å². The Morgan fingerprint density at radius 1 is 1.13 bits per heavy atom. The van der Waals surface area contributed by atoms with Gasteiger partial charge in [-0.05, 0) is 24.5 Å². The minimum atomic E-state index is -0.384. The third-order valence-corrected chi connectivity index (χ3v) is 3.17. The predicted molar refractivity (Wildman–Crippen MR) is 87.7 cm³/mol. The number of hydrogen-bond acceptors (Lipinski definition) is 3. The van der Waals surface area contributed by atoms with Crippen molar-refractivity contribution in [2.45, 2.75) is 12.8 Å². The molecule has 2 rings (SSSR count). The number of oxime groups is 1. The molecule has 4 nitrogen and oxygen atoms in total. The number of nitrogens with zero attached hydrogens (tertiary/aromatic N) is 1. The van der Waals surface area contributed by atoms with E-state index in [9.17, 15) is 9.18 Å². The molecule has 0 atom stereocenters. The molecule has 1 N–H and O–H groups in total. The van der Waals surface area contributed by atoms with E-state index in [0.29, 0.717) is 12.1 Å². The van der Waals surface area contributed by atoms with Crippen molar-refractivity contribution >= 4 is 12.1 Å². The van der Waals surface area contributed by atoms with Gasteiger partial charge in [0.25, 0.3) is 5.91 Å². The van der Waals surface area contributed by atoms with Crippen molar-refractivity contribution < 1.29 is 14.0 Å². The number of halogens is 1. The van der Waals surface area contributed by atoms with E-state index in [1.165, 1.54) is 17.8 Å². The van der Waals surface area contributed by atoms with Crippen LogP contribution in [0.1, 0.15) is 17.5 Å². The highest BCUT2D eigenvalue weighted by molar-refractivity contribution is 5.80. The molecule has 0 aromatic heterocycles. The number of aryl methyl sites for hydroxylation is 1. The van der Waals surface area contributed by atoms with E-state index in [-0.39, 0.29) is 18.3 Å². The Bertz CT molecular complexity index is 644. The van der Waals surface area contributed by atoms with Gasteiger partial charge in [0, 0.05) is 12.1 Å². The molecule has 23 heavy (non-hydrogen) atoms. The quantitative estimate of drug-likeness (QED) is 0.463. The minimum absolute atomic E-state index is 0.184. The Morgan fingerprint density at radius 3 is 2.65 bits per heavy atom. The van der Waals surface area contributed by atoms with Crippen LogP contribution < -0.4 is 5.32 Å². The van der Waals surface area contributed by atoms with Gasteiger partial charge in [-0.15, -0.1) is 0 Å². The second-order valence-electron chi connectivity index (χ2n) is 4.97. The lowest BCUT2D eigenvalue weighted by atomic mass is 10.1. The topological polar surface area (TPSA) is 50.7 Å². The normalized spacial score (nSPS) is 10.7. The molecular formula is C18H19FN2O2. The molecule has 1 amide bonds. The maximum atomic E-state index is 13.3. The van der Waals surface area contributed by atoms with Crippen molar-refractivity contribution in [2.24, 2.45) is 5.16 Å². The summed E-state index contributed by atoms with van der Waals surface area (Å²) in [5, 5.41) is 6.34. The lowest BCUT2D eigenvalue weighted by molar-refractivity contribution is -0.125. The number of carbonyl (C=O) groups is 1. The molecule has 0 saturated carbocycles. The van der Waals surface area contributed by atoms with Crippen LogP contribution in [0.3, 0.4) is 0 Å². The number of carbonyl (C=O) groups excluding carboxylic acids is 1. The number of hydrogen-bond donors (Lipinski definition) is 1. The van der Waals surface area contributed by atoms with E-state index in [4.69, 9.17) is 4.84 Å². The fourth-order valence-electron chi connectivity index (χ4n) is 1.99. The maximum absolute atomic E-state index is 13.3. The molecule has 2 aromatic rings. The van der Waals surface area contributed by atoms with Crippen molar-refractivity contribution in [3.05, 3.63) is 71.5 Å². The lowest BCUT2D eigenvalue weighted by Crippen LogP contribution is -2.28. The fourth-order valence-corrected chi connectivity index (χ4v) is 1.99. The summed E-state index contributed by atoms with van der Waals surface area (Å²) in [5.41, 5.74) is 1.56. The largest absolute Gasteiger partial charge is 0.386 e. The fraction of sp³-hybridized carbons (Fsp3) is 0.222. The van der Waals surface area contributed by atoms with Gasteiger partial charge in [-0.3, -0.25) is 4.79 Å². The maximum Gasteiger partial charge on any atom is 0.260 e. The smallest absolute Gasteiger partial charge is 0.260 e. The first kappa shape index (κ1) is 16.7. The molecule has 5 heteroatoms. The van der Waals surface area contributed by atoms with Crippen molar-refractivity contribution in [2.75, 3.05) is 13.2 Å². The zero-order valence-electron chi connectivity index (χ0n) is 12.7. The zero-order chi connectivity index (χ0) is 16.3. The Kier molecular flexibility index (Phi) is 6.78. The number of nitrogens with one attached hydrogen (secondary N) is 1. The highest BCUT2D eigenvalue weighted by atomic mass is 19.1. The molecule has 0 aliphatic heterocycles. The summed E-state index contributed by atoms with van der Waals surface area (Å²) in [6, 6.07) is 16.3. The Hall–Kier alpha value is -2.69. The summed E-state index contributed by atoms with van der Waals surface area (Å²) < 4.78 is 13.3. The molecule has 0 aliphatic carbocycles. The third kappa shape index (κ3) is 6.30. The molecule has 0 aliphatic rings. The van der Waals surface area contributed by atoms with E-state index in [0.717, 1.165) is 12.8 Å². The number of amides is 1. The number of rotatable bonds is 8. The van der Waals surface area contributed by atoms with Crippen molar-refractivity contribution in [1.29, 1.82) is 0 Å². The van der Waals surface area contributed by atoms with Crippen LogP contribution in [0.25, 0.3) is 0 Å². The summed E-state index contributed by atoms with van der Waals surface area (Å²) >= 11 is 0. The molecule has 120 valence electrons. The van der Waals surface area contributed by atoms with Crippen LogP contribution >= 0.6 is 0 Å². The second kappa shape index (κ2) is 9.35. The van der Waals surface area contributed by atoms with Gasteiger partial charge in [0.1, 0.15) is 5.82 Å². The summed E-state index contributed by atoms with van der Waals surface area (Å²) in [6.45, 7) is 0.393. The molecule has 2 aromatic carbocycles. The van der Waals surface area contributed by atoms with Crippen molar-refractivity contribution in [3.63, 3.8) is 0 Å². The predicted octanol–water partition coefficient (Wildman–Crippen LogP) is 2.93. The standard InChI is InChI=1S/C18H19FN2O2/c19-17-11-5-4-10-16(17)13-21-23-14-18(22)20-12-6-9-15-7-2-1-3-8-15/h1-5,7-8,10-11,13H,6,9,12,14H2,(H,20,22)/b21-13-. The van der Waals surface area contributed by atoms with Gasteiger partial charge in [-0.25, -0.2) is 4.39 Å². The van der Waals surface area contributed by atoms with Crippen LogP contribution in [0.4, 0.5) is 4.39 Å². The minimum Gasteiger partial charge on any atom is -0.386 e. The van der Waals surface area contributed by atoms with E-state index < -0.39 is 0 Å². The first-order chi connectivity index (χ1) is 11.3. The van der Waals surface area contributed by atoms with Crippen LogP contribution in [-0.4, -0.2) is 25.3 Å². The average molecular weight is 314 g/mol. The summed E-state index contributed by atoms with van der Waals surface area (Å²) in [4.78, 5) is 16.4. The van der Waals surface area contributed by atoms with Gasteiger partial charge >= 0.3 is 0 Å². The van der Waals surface area contributed by atoms with Gasteiger partial charge in [0.05, 0.1) is 6.21 Å². The summed E-state index contributed by atoms with van der Waals surface area (Å²) in [6.07, 6.45) is 3.01. The summed E-state index contributed by atoms with van der Waals surface area (Å²) in [7, 11) is 0. The molecule has 0 heterocycles. The average Bonchev–Trinajstić information content (AvgIpc) is 2.58. The molecule has 0 fully saturated rings.